The molecular formula is C30H31NO5. The lowest BCUT2D eigenvalue weighted by Crippen LogP contribution is -2.12. The molecule has 1 aliphatic rings. The van der Waals surface area contributed by atoms with E-state index >= 15 is 0 Å². The Balaban J connectivity index is 1.68. The fourth-order valence-electron chi connectivity index (χ4n) is 4.55. The topological polar surface area (TPSA) is 77.0 Å². The molecule has 6 heteroatoms. The molecule has 0 saturated heterocycles. The fourth-order valence-corrected chi connectivity index (χ4v) is 4.55. The maximum Gasteiger partial charge on any atom is 0.228 e. The molecule has 0 radical (unpaired) electrons. The van der Waals surface area contributed by atoms with Gasteiger partial charge in [0.2, 0.25) is 11.7 Å². The van der Waals surface area contributed by atoms with Crippen molar-refractivity contribution in [2.75, 3.05) is 26.6 Å². The summed E-state index contributed by atoms with van der Waals surface area (Å²) in [7, 11) is 4.66. The second kappa shape index (κ2) is 10.6. The van der Waals surface area contributed by atoms with Crippen LogP contribution in [-0.4, -0.2) is 32.3 Å². The summed E-state index contributed by atoms with van der Waals surface area (Å²) in [4.78, 5) is 13.0. The summed E-state index contributed by atoms with van der Waals surface area (Å²) in [5, 5.41) is 13.3. The van der Waals surface area contributed by atoms with E-state index in [9.17, 15) is 9.90 Å². The molecule has 4 rings (SSSR count). The Bertz CT molecular complexity index is 1340. The molecule has 1 aliphatic carbocycles. The van der Waals surface area contributed by atoms with Crippen LogP contribution >= 0.6 is 0 Å². The Hall–Kier alpha value is -4.19. The van der Waals surface area contributed by atoms with Gasteiger partial charge in [-0.05, 0) is 89.6 Å². The molecule has 6 nitrogen and oxygen atoms in total. The zero-order valence-electron chi connectivity index (χ0n) is 21.3. The van der Waals surface area contributed by atoms with Gasteiger partial charge in [-0.3, -0.25) is 4.79 Å². The monoisotopic (exact) mass is 485 g/mol. The number of fused-ring (bicyclic) bond motifs is 1. The summed E-state index contributed by atoms with van der Waals surface area (Å²) in [5.74, 6) is 1.38. The van der Waals surface area contributed by atoms with Gasteiger partial charge in [0.05, 0.1) is 27.8 Å². The van der Waals surface area contributed by atoms with E-state index in [1.165, 1.54) is 14.2 Å². The first-order valence-corrected chi connectivity index (χ1v) is 11.7. The smallest absolute Gasteiger partial charge is 0.228 e. The Labute approximate surface area is 211 Å². The predicted molar refractivity (Wildman–Crippen MR) is 143 cm³/mol. The molecule has 186 valence electrons. The standard InChI is InChI=1S/C30H31NO5/c1-18-8-6-7-9-26(18)31-29(32)17-24-19(2)22(23-13-11-21(34-3)16-25(23)24)12-10-20-14-27(35-4)30(33)28(15-20)36-5/h6-9,11-16,33H,10,17H2,1-5H3,(H,31,32)/b22-12-. The van der Waals surface area contributed by atoms with E-state index in [1.807, 2.05) is 56.3 Å². The number of rotatable bonds is 8. The van der Waals surface area contributed by atoms with Crippen LogP contribution in [0.3, 0.4) is 0 Å². The molecule has 0 aliphatic heterocycles. The summed E-state index contributed by atoms with van der Waals surface area (Å²) in [6.07, 6.45) is 2.98. The molecule has 0 fully saturated rings. The van der Waals surface area contributed by atoms with E-state index in [-0.39, 0.29) is 18.1 Å². The van der Waals surface area contributed by atoms with Crippen LogP contribution in [0.25, 0.3) is 11.1 Å². The van der Waals surface area contributed by atoms with Crippen LogP contribution in [0.1, 0.15) is 35.6 Å². The predicted octanol–water partition coefficient (Wildman–Crippen LogP) is 6.17. The second-order valence-electron chi connectivity index (χ2n) is 8.73. The maximum atomic E-state index is 13.0. The molecule has 0 bridgehead atoms. The SMILES string of the molecule is COc1ccc2c(c1)C(CC(=O)Nc1ccccc1C)=C(C)/C2=C/Cc1cc(OC)c(O)c(OC)c1. The number of phenolic OH excluding ortho intramolecular Hbond substituents is 1. The number of benzene rings is 3. The minimum Gasteiger partial charge on any atom is -0.502 e. The lowest BCUT2D eigenvalue weighted by Gasteiger charge is -2.11. The average molecular weight is 486 g/mol. The normalized spacial score (nSPS) is 13.5. The molecular weight excluding hydrogens is 454 g/mol. The second-order valence-corrected chi connectivity index (χ2v) is 8.73. The lowest BCUT2D eigenvalue weighted by atomic mass is 10.00. The zero-order chi connectivity index (χ0) is 25.8. The molecule has 36 heavy (non-hydrogen) atoms. The van der Waals surface area contributed by atoms with Crippen molar-refractivity contribution >= 4 is 22.7 Å². The molecule has 3 aromatic rings. The van der Waals surface area contributed by atoms with Gasteiger partial charge >= 0.3 is 0 Å². The van der Waals surface area contributed by atoms with Crippen LogP contribution in [0, 0.1) is 6.92 Å². The number of methoxy groups -OCH3 is 3. The number of para-hydroxylation sites is 1. The number of anilines is 1. The molecule has 1 amide bonds. The van der Waals surface area contributed by atoms with E-state index in [0.717, 1.165) is 50.4 Å². The Kier molecular flexibility index (Phi) is 7.34. The molecule has 2 N–H and O–H groups in total. The van der Waals surface area contributed by atoms with Crippen LogP contribution in [0.4, 0.5) is 5.69 Å². The summed E-state index contributed by atoms with van der Waals surface area (Å²) in [6.45, 7) is 4.02. The Morgan fingerprint density at radius 2 is 1.61 bits per heavy atom. The number of carbonyl (C=O) groups excluding carboxylic acids is 1. The number of phenols is 1. The molecule has 0 atom stereocenters. The van der Waals surface area contributed by atoms with Gasteiger partial charge in [0.1, 0.15) is 5.75 Å². The highest BCUT2D eigenvalue weighted by molar-refractivity contribution is 6.07. The van der Waals surface area contributed by atoms with Gasteiger partial charge in [-0.2, -0.15) is 0 Å². The van der Waals surface area contributed by atoms with Gasteiger partial charge in [-0.15, -0.1) is 0 Å². The Morgan fingerprint density at radius 1 is 0.917 bits per heavy atom. The number of amides is 1. The van der Waals surface area contributed by atoms with E-state index in [4.69, 9.17) is 14.2 Å². The first-order valence-electron chi connectivity index (χ1n) is 11.7. The van der Waals surface area contributed by atoms with Gasteiger partial charge in [-0.1, -0.05) is 30.3 Å². The fraction of sp³-hybridized carbons (Fsp3) is 0.233. The van der Waals surface area contributed by atoms with Crippen molar-refractivity contribution in [2.24, 2.45) is 0 Å². The molecule has 0 unspecified atom stereocenters. The van der Waals surface area contributed by atoms with Crippen LogP contribution < -0.4 is 19.5 Å². The van der Waals surface area contributed by atoms with E-state index in [2.05, 4.69) is 11.4 Å². The van der Waals surface area contributed by atoms with Crippen molar-refractivity contribution in [1.29, 1.82) is 0 Å². The van der Waals surface area contributed by atoms with Crippen molar-refractivity contribution in [3.05, 3.63) is 88.5 Å². The van der Waals surface area contributed by atoms with Gasteiger partial charge in [-0.25, -0.2) is 0 Å². The van der Waals surface area contributed by atoms with E-state index < -0.39 is 0 Å². The number of ether oxygens (including phenoxy) is 3. The minimum absolute atomic E-state index is 0.0206. The van der Waals surface area contributed by atoms with Gasteiger partial charge in [0.15, 0.2) is 11.5 Å². The van der Waals surface area contributed by atoms with Crippen LogP contribution in [0.15, 0.2) is 66.2 Å². The number of carbonyl (C=O) groups is 1. The van der Waals surface area contributed by atoms with E-state index in [0.29, 0.717) is 17.9 Å². The number of aryl methyl sites for hydroxylation is 1. The minimum atomic E-state index is -0.0679. The maximum absolute atomic E-state index is 13.0. The Morgan fingerprint density at radius 3 is 2.25 bits per heavy atom. The van der Waals surface area contributed by atoms with Crippen molar-refractivity contribution in [2.45, 2.75) is 26.7 Å². The van der Waals surface area contributed by atoms with E-state index in [1.54, 1.807) is 19.2 Å². The van der Waals surface area contributed by atoms with Crippen LogP contribution in [0.2, 0.25) is 0 Å². The third-order valence-electron chi connectivity index (χ3n) is 6.54. The van der Waals surface area contributed by atoms with Gasteiger partial charge in [0, 0.05) is 5.69 Å². The number of hydrogen-bond donors (Lipinski definition) is 2. The molecule has 3 aromatic carbocycles. The number of hydrogen-bond acceptors (Lipinski definition) is 5. The zero-order valence-corrected chi connectivity index (χ0v) is 21.3. The molecule has 0 aromatic heterocycles. The third kappa shape index (κ3) is 4.93. The van der Waals surface area contributed by atoms with Crippen LogP contribution in [0.5, 0.6) is 23.0 Å². The molecule has 0 saturated carbocycles. The summed E-state index contributed by atoms with van der Waals surface area (Å²) in [6, 6.07) is 17.3. The largest absolute Gasteiger partial charge is 0.502 e. The summed E-state index contributed by atoms with van der Waals surface area (Å²) < 4.78 is 16.1. The van der Waals surface area contributed by atoms with Crippen molar-refractivity contribution in [3.63, 3.8) is 0 Å². The van der Waals surface area contributed by atoms with Crippen molar-refractivity contribution < 1.29 is 24.1 Å². The summed E-state index contributed by atoms with van der Waals surface area (Å²) in [5.41, 5.74) is 7.92. The van der Waals surface area contributed by atoms with Gasteiger partial charge < -0.3 is 24.6 Å². The first kappa shape index (κ1) is 24.9. The highest BCUT2D eigenvalue weighted by Crippen LogP contribution is 2.45. The first-order chi connectivity index (χ1) is 17.4. The quantitative estimate of drug-likeness (QED) is 0.399. The van der Waals surface area contributed by atoms with Crippen LogP contribution in [-0.2, 0) is 11.2 Å². The van der Waals surface area contributed by atoms with Crippen molar-refractivity contribution in [1.82, 2.24) is 0 Å². The summed E-state index contributed by atoms with van der Waals surface area (Å²) >= 11 is 0. The molecule has 0 spiro atoms. The highest BCUT2D eigenvalue weighted by Gasteiger charge is 2.26. The lowest BCUT2D eigenvalue weighted by molar-refractivity contribution is -0.115. The third-order valence-corrected chi connectivity index (χ3v) is 6.54. The van der Waals surface area contributed by atoms with Crippen molar-refractivity contribution in [3.8, 4) is 23.0 Å². The number of nitrogens with one attached hydrogen (secondary N) is 1. The number of allylic oxidation sites excluding steroid dienone is 3. The highest BCUT2D eigenvalue weighted by atomic mass is 16.5. The molecule has 0 heterocycles. The van der Waals surface area contributed by atoms with Gasteiger partial charge in [0.25, 0.3) is 0 Å². The average Bonchev–Trinajstić information content (AvgIpc) is 3.14. The number of aromatic hydroxyl groups is 1.